The summed E-state index contributed by atoms with van der Waals surface area (Å²) in [5, 5.41) is 2.14. The maximum Gasteiger partial charge on any atom is 0.232 e. The molecule has 0 radical (unpaired) electrons. The summed E-state index contributed by atoms with van der Waals surface area (Å²) in [5.74, 6) is 1.77. The molecule has 0 unspecified atom stereocenters. The van der Waals surface area contributed by atoms with Crippen LogP contribution in [-0.4, -0.2) is 14.5 Å². The van der Waals surface area contributed by atoms with Crippen LogP contribution in [0.4, 0.5) is 17.1 Å². The maximum atomic E-state index is 6.52. The second-order valence-corrected chi connectivity index (χ2v) is 14.1. The van der Waals surface area contributed by atoms with Gasteiger partial charge in [0.15, 0.2) is 0 Å². The van der Waals surface area contributed by atoms with Gasteiger partial charge in [-0.25, -0.2) is 9.97 Å². The Balaban J connectivity index is 0.00000400. The number of hydrogen-bond acceptors (Lipinski definition) is 5. The molecule has 9 rings (SSSR count). The van der Waals surface area contributed by atoms with Crippen LogP contribution in [0.2, 0.25) is 0 Å². The molecule has 2 aromatic heterocycles. The molecule has 264 valence electrons. The second-order valence-electron chi connectivity index (χ2n) is 14.1. The second kappa shape index (κ2) is 14.0. The van der Waals surface area contributed by atoms with Crippen LogP contribution in [0.1, 0.15) is 31.9 Å². The van der Waals surface area contributed by atoms with E-state index >= 15 is 0 Å². The third-order valence-corrected chi connectivity index (χ3v) is 9.59. The van der Waals surface area contributed by atoms with E-state index in [0.29, 0.717) is 17.4 Å². The van der Waals surface area contributed by atoms with Crippen LogP contribution in [0.5, 0.6) is 11.5 Å². The molecule has 0 amide bonds. The standard InChI is InChI=1S/C46H36N5O.Pt/c1-46(2,3)35-28-47-45(48-29-35)51-41-24-21-34(33-15-8-5-9-16-33)25-40(41)39-23-22-38(27-44(39)51)52-37-18-12-17-36(26-37)50-31-49(30-32-13-6-4-7-14-32)42-19-10-11-20-43(42)50;/h4-25,28-29,31H,30H2,1-3H3;/q-3;. The average Bonchev–Trinajstić information content (AvgIpc) is 3.70. The van der Waals surface area contributed by atoms with Crippen molar-refractivity contribution in [2.45, 2.75) is 32.7 Å². The van der Waals surface area contributed by atoms with Gasteiger partial charge >= 0.3 is 0 Å². The monoisotopic (exact) mass is 869 g/mol. The Hall–Kier alpha value is -5.71. The minimum absolute atomic E-state index is 0. The van der Waals surface area contributed by atoms with Gasteiger partial charge in [0.2, 0.25) is 5.95 Å². The van der Waals surface area contributed by atoms with E-state index in [1.807, 2.05) is 42.7 Å². The van der Waals surface area contributed by atoms with Gasteiger partial charge in [0, 0.05) is 68.4 Å². The van der Waals surface area contributed by atoms with Crippen molar-refractivity contribution < 1.29 is 25.8 Å². The largest absolute Gasteiger partial charge is 0.509 e. The Morgan fingerprint density at radius 1 is 0.660 bits per heavy atom. The molecule has 0 aliphatic carbocycles. The topological polar surface area (TPSA) is 46.4 Å². The van der Waals surface area contributed by atoms with E-state index < -0.39 is 0 Å². The summed E-state index contributed by atoms with van der Waals surface area (Å²) in [6.07, 6.45) is 3.85. The average molecular weight is 870 g/mol. The molecule has 0 saturated heterocycles. The Labute approximate surface area is 324 Å². The maximum absolute atomic E-state index is 6.52. The number of para-hydroxylation sites is 2. The molecule has 0 N–H and O–H groups in total. The Morgan fingerprint density at radius 2 is 1.36 bits per heavy atom. The van der Waals surface area contributed by atoms with E-state index in [9.17, 15) is 0 Å². The van der Waals surface area contributed by atoms with Crippen LogP contribution >= 0.6 is 0 Å². The van der Waals surface area contributed by atoms with E-state index in [4.69, 9.17) is 14.7 Å². The van der Waals surface area contributed by atoms with Gasteiger partial charge < -0.3 is 19.1 Å². The summed E-state index contributed by atoms with van der Waals surface area (Å²) >= 11 is 0. The number of aromatic nitrogens is 3. The van der Waals surface area contributed by atoms with Crippen LogP contribution in [0.25, 0.3) is 38.9 Å². The van der Waals surface area contributed by atoms with Crippen LogP contribution in [0.3, 0.4) is 0 Å². The molecule has 1 aliphatic rings. The van der Waals surface area contributed by atoms with Gasteiger partial charge in [-0.15, -0.1) is 41.4 Å². The minimum atomic E-state index is -0.0583. The van der Waals surface area contributed by atoms with Crippen molar-refractivity contribution in [3.8, 4) is 28.6 Å². The first-order valence-electron chi connectivity index (χ1n) is 17.5. The van der Waals surface area contributed by atoms with E-state index in [-0.39, 0.29) is 26.5 Å². The van der Waals surface area contributed by atoms with Crippen LogP contribution in [-0.2, 0) is 33.0 Å². The molecule has 0 spiro atoms. The van der Waals surface area contributed by atoms with Gasteiger partial charge in [0.1, 0.15) is 0 Å². The van der Waals surface area contributed by atoms with Crippen molar-refractivity contribution in [2.75, 3.05) is 9.80 Å². The van der Waals surface area contributed by atoms with E-state index in [1.165, 1.54) is 5.56 Å². The molecule has 7 heteroatoms. The molecule has 8 aromatic rings. The van der Waals surface area contributed by atoms with Crippen molar-refractivity contribution >= 4 is 38.9 Å². The predicted octanol–water partition coefficient (Wildman–Crippen LogP) is 11.2. The molecular formula is C46H36N5OPt-3. The van der Waals surface area contributed by atoms with Gasteiger partial charge in [0.25, 0.3) is 0 Å². The summed E-state index contributed by atoms with van der Waals surface area (Å²) in [6, 6.07) is 53.1. The normalized spacial score (nSPS) is 12.6. The van der Waals surface area contributed by atoms with Gasteiger partial charge in [-0.3, -0.25) is 0 Å². The van der Waals surface area contributed by atoms with Gasteiger partial charge in [0.05, 0.1) is 0 Å². The zero-order chi connectivity index (χ0) is 35.2. The molecule has 6 aromatic carbocycles. The van der Waals surface area contributed by atoms with E-state index in [2.05, 4.69) is 157 Å². The number of hydrogen-bond donors (Lipinski definition) is 0. The Kier molecular flexibility index (Phi) is 9.09. The SMILES string of the molecule is CC(C)(C)c1cnc(-n2c3[c-]c(Oc4[c-]c(N5[CH-]N(Cc6ccccc6)c6ccccc65)ccc4)ccc3c3cc(-c4ccccc4)ccc32)nc1.[Pt]. The third-order valence-electron chi connectivity index (χ3n) is 9.59. The van der Waals surface area contributed by atoms with E-state index in [0.717, 1.165) is 62.1 Å². The molecule has 0 fully saturated rings. The number of anilines is 3. The fourth-order valence-corrected chi connectivity index (χ4v) is 6.85. The van der Waals surface area contributed by atoms with Crippen LogP contribution < -0.4 is 14.5 Å². The van der Waals surface area contributed by atoms with Gasteiger partial charge in [-0.1, -0.05) is 111 Å². The summed E-state index contributed by atoms with van der Waals surface area (Å²) < 4.78 is 8.60. The summed E-state index contributed by atoms with van der Waals surface area (Å²) in [4.78, 5) is 14.2. The van der Waals surface area contributed by atoms with Crippen molar-refractivity contribution in [1.29, 1.82) is 0 Å². The molecule has 6 nitrogen and oxygen atoms in total. The molecule has 53 heavy (non-hydrogen) atoms. The first-order chi connectivity index (χ1) is 25.4. The summed E-state index contributed by atoms with van der Waals surface area (Å²) in [6.45, 7) is 9.41. The summed E-state index contributed by atoms with van der Waals surface area (Å²) in [7, 11) is 0. The smallest absolute Gasteiger partial charge is 0.232 e. The Bertz CT molecular complexity index is 2540. The first kappa shape index (κ1) is 34.4. The van der Waals surface area contributed by atoms with E-state index in [1.54, 1.807) is 0 Å². The fourth-order valence-electron chi connectivity index (χ4n) is 6.85. The minimum Gasteiger partial charge on any atom is -0.509 e. The predicted molar refractivity (Wildman–Crippen MR) is 210 cm³/mol. The number of benzene rings is 6. The molecular weight excluding hydrogens is 834 g/mol. The number of fused-ring (bicyclic) bond motifs is 4. The number of nitrogens with zero attached hydrogens (tertiary/aromatic N) is 5. The van der Waals surface area contributed by atoms with Gasteiger partial charge in [-0.05, 0) is 51.3 Å². The van der Waals surface area contributed by atoms with Crippen molar-refractivity contribution in [1.82, 2.24) is 14.5 Å². The van der Waals surface area contributed by atoms with Crippen LogP contribution in [0, 0.1) is 18.8 Å². The molecule has 3 heterocycles. The molecule has 1 aliphatic heterocycles. The molecule has 0 atom stereocenters. The third kappa shape index (κ3) is 6.60. The molecule has 0 saturated carbocycles. The van der Waals surface area contributed by atoms with Crippen molar-refractivity contribution in [3.05, 3.63) is 176 Å². The van der Waals surface area contributed by atoms with Crippen LogP contribution in [0.15, 0.2) is 146 Å². The van der Waals surface area contributed by atoms with Crippen molar-refractivity contribution in [2.24, 2.45) is 0 Å². The Morgan fingerprint density at radius 3 is 2.11 bits per heavy atom. The summed E-state index contributed by atoms with van der Waals surface area (Å²) in [5.41, 5.74) is 9.54. The van der Waals surface area contributed by atoms with Gasteiger partial charge in [-0.2, -0.15) is 18.8 Å². The zero-order valence-corrected chi connectivity index (χ0v) is 31.9. The quantitative estimate of drug-likeness (QED) is 0.149. The first-order valence-corrected chi connectivity index (χ1v) is 17.5. The molecule has 0 bridgehead atoms. The fraction of sp³-hybridized carbons (Fsp3) is 0.109. The number of ether oxygens (including phenoxy) is 1. The van der Waals surface area contributed by atoms with Crippen molar-refractivity contribution in [3.63, 3.8) is 0 Å². The number of rotatable bonds is 7. The zero-order valence-electron chi connectivity index (χ0n) is 29.6.